The first-order valence-electron chi connectivity index (χ1n) is 9.00. The van der Waals surface area contributed by atoms with Gasteiger partial charge in [-0.15, -0.1) is 0 Å². The van der Waals surface area contributed by atoms with E-state index in [1.807, 2.05) is 0 Å². The van der Waals surface area contributed by atoms with E-state index in [0.717, 1.165) is 57.9 Å². The maximum Gasteiger partial charge on any atom is 0.237 e. The van der Waals surface area contributed by atoms with Crippen molar-refractivity contribution in [2.75, 3.05) is 39.4 Å². The Kier molecular flexibility index (Phi) is 7.63. The minimum absolute atomic E-state index is 0.0127. The number of unbranched alkanes of at least 4 members (excludes halogenated alkanes) is 1. The van der Waals surface area contributed by atoms with E-state index in [1.54, 1.807) is 0 Å². The van der Waals surface area contributed by atoms with Gasteiger partial charge >= 0.3 is 0 Å². The fraction of sp³-hybridized carbons (Fsp3) is 0.941. The average molecular weight is 311 g/mol. The number of hydrogen-bond acceptors (Lipinski definition) is 4. The lowest BCUT2D eigenvalue weighted by atomic mass is 9.92. The summed E-state index contributed by atoms with van der Waals surface area (Å²) < 4.78 is 5.31. The number of ether oxygens (including phenoxy) is 1. The summed E-state index contributed by atoms with van der Waals surface area (Å²) in [6, 6.07) is -0.368. The van der Waals surface area contributed by atoms with E-state index in [9.17, 15) is 4.79 Å². The standard InChI is InChI=1S/C17H33N3O2/c1-14-4-10-20(11-5-14)9-3-2-8-19-17(21)16(18)15-6-12-22-13-7-15/h14-16H,2-13,18H2,1H3,(H,19,21). The van der Waals surface area contributed by atoms with Crippen molar-refractivity contribution in [1.29, 1.82) is 0 Å². The molecular weight excluding hydrogens is 278 g/mol. The summed E-state index contributed by atoms with van der Waals surface area (Å²) in [7, 11) is 0. The van der Waals surface area contributed by atoms with Crippen molar-refractivity contribution in [3.8, 4) is 0 Å². The minimum Gasteiger partial charge on any atom is -0.381 e. The fourth-order valence-electron chi connectivity index (χ4n) is 3.36. The Labute approximate surface area is 134 Å². The molecule has 0 radical (unpaired) electrons. The molecule has 2 aliphatic heterocycles. The van der Waals surface area contributed by atoms with Crippen molar-refractivity contribution in [2.24, 2.45) is 17.6 Å². The summed E-state index contributed by atoms with van der Waals surface area (Å²) >= 11 is 0. The number of amides is 1. The molecule has 0 bridgehead atoms. The molecule has 0 spiro atoms. The normalized spacial score (nSPS) is 23.4. The van der Waals surface area contributed by atoms with Gasteiger partial charge in [0, 0.05) is 19.8 Å². The second-order valence-electron chi connectivity index (χ2n) is 7.00. The number of rotatable bonds is 7. The van der Waals surface area contributed by atoms with Crippen molar-refractivity contribution in [1.82, 2.24) is 10.2 Å². The van der Waals surface area contributed by atoms with Crippen LogP contribution in [-0.4, -0.2) is 56.2 Å². The first-order chi connectivity index (χ1) is 10.7. The van der Waals surface area contributed by atoms with Gasteiger partial charge in [0.1, 0.15) is 0 Å². The van der Waals surface area contributed by atoms with Crippen LogP contribution in [0.1, 0.15) is 45.4 Å². The molecule has 0 aromatic carbocycles. The van der Waals surface area contributed by atoms with Gasteiger partial charge < -0.3 is 20.7 Å². The lowest BCUT2D eigenvalue weighted by molar-refractivity contribution is -0.124. The van der Waals surface area contributed by atoms with Crippen molar-refractivity contribution < 1.29 is 9.53 Å². The molecule has 1 amide bonds. The maximum absolute atomic E-state index is 12.1. The van der Waals surface area contributed by atoms with E-state index in [4.69, 9.17) is 10.5 Å². The summed E-state index contributed by atoms with van der Waals surface area (Å²) in [5, 5.41) is 3.00. The van der Waals surface area contributed by atoms with Crippen molar-refractivity contribution >= 4 is 5.91 Å². The SMILES string of the molecule is CC1CCN(CCCCNC(=O)C(N)C2CCOCC2)CC1. The third-order valence-electron chi connectivity index (χ3n) is 5.15. The van der Waals surface area contributed by atoms with Crippen LogP contribution in [0.3, 0.4) is 0 Å². The molecule has 0 aromatic rings. The van der Waals surface area contributed by atoms with Gasteiger partial charge in [-0.2, -0.15) is 0 Å². The minimum atomic E-state index is -0.368. The van der Waals surface area contributed by atoms with E-state index in [0.29, 0.717) is 0 Å². The molecule has 5 heteroatoms. The molecule has 2 aliphatic rings. The van der Waals surface area contributed by atoms with Crippen molar-refractivity contribution in [2.45, 2.75) is 51.5 Å². The quantitative estimate of drug-likeness (QED) is 0.697. The van der Waals surface area contributed by atoms with Crippen LogP contribution >= 0.6 is 0 Å². The summed E-state index contributed by atoms with van der Waals surface area (Å²) in [6.07, 6.45) is 6.66. The van der Waals surface area contributed by atoms with E-state index in [2.05, 4.69) is 17.1 Å². The lowest BCUT2D eigenvalue weighted by Gasteiger charge is -2.30. The highest BCUT2D eigenvalue weighted by atomic mass is 16.5. The van der Waals surface area contributed by atoms with Gasteiger partial charge in [0.2, 0.25) is 5.91 Å². The van der Waals surface area contributed by atoms with Crippen LogP contribution < -0.4 is 11.1 Å². The van der Waals surface area contributed by atoms with E-state index < -0.39 is 0 Å². The molecule has 2 heterocycles. The third-order valence-corrected chi connectivity index (χ3v) is 5.15. The zero-order valence-corrected chi connectivity index (χ0v) is 14.1. The van der Waals surface area contributed by atoms with E-state index in [-0.39, 0.29) is 17.9 Å². The van der Waals surface area contributed by atoms with Crippen LogP contribution in [0.25, 0.3) is 0 Å². The number of hydrogen-bond donors (Lipinski definition) is 2. The summed E-state index contributed by atoms with van der Waals surface area (Å²) in [6.45, 7) is 8.20. The number of piperidine rings is 1. The van der Waals surface area contributed by atoms with Crippen molar-refractivity contribution in [3.63, 3.8) is 0 Å². The Bertz CT molecular complexity index is 324. The molecule has 1 atom stereocenters. The van der Waals surface area contributed by atoms with Crippen molar-refractivity contribution in [3.05, 3.63) is 0 Å². The Hall–Kier alpha value is -0.650. The van der Waals surface area contributed by atoms with Crippen LogP contribution in [0.2, 0.25) is 0 Å². The number of carbonyl (C=O) groups is 1. The predicted molar refractivity (Wildman–Crippen MR) is 88.6 cm³/mol. The number of likely N-dealkylation sites (tertiary alicyclic amines) is 1. The molecule has 3 N–H and O–H groups in total. The second-order valence-corrected chi connectivity index (χ2v) is 7.00. The highest BCUT2D eigenvalue weighted by Crippen LogP contribution is 2.18. The molecule has 0 aromatic heterocycles. The highest BCUT2D eigenvalue weighted by Gasteiger charge is 2.26. The molecular formula is C17H33N3O2. The van der Waals surface area contributed by atoms with Gasteiger partial charge in [-0.3, -0.25) is 4.79 Å². The van der Waals surface area contributed by atoms with Gasteiger partial charge in [-0.25, -0.2) is 0 Å². The molecule has 0 saturated carbocycles. The van der Waals surface area contributed by atoms with Gasteiger partial charge in [-0.1, -0.05) is 6.92 Å². The number of nitrogens with one attached hydrogen (secondary N) is 1. The lowest BCUT2D eigenvalue weighted by Crippen LogP contribution is -2.47. The Morgan fingerprint density at radius 1 is 1.23 bits per heavy atom. The molecule has 2 saturated heterocycles. The smallest absolute Gasteiger partial charge is 0.237 e. The van der Waals surface area contributed by atoms with Crippen LogP contribution in [0.5, 0.6) is 0 Å². The number of nitrogens with two attached hydrogens (primary N) is 1. The zero-order valence-electron chi connectivity index (χ0n) is 14.1. The molecule has 128 valence electrons. The largest absolute Gasteiger partial charge is 0.381 e. The molecule has 2 fully saturated rings. The maximum atomic E-state index is 12.1. The van der Waals surface area contributed by atoms with Crippen LogP contribution in [-0.2, 0) is 9.53 Å². The molecule has 0 aliphatic carbocycles. The highest BCUT2D eigenvalue weighted by molar-refractivity contribution is 5.81. The molecule has 1 unspecified atom stereocenters. The van der Waals surface area contributed by atoms with Gasteiger partial charge in [-0.05, 0) is 70.0 Å². The average Bonchev–Trinajstić information content (AvgIpc) is 2.56. The summed E-state index contributed by atoms with van der Waals surface area (Å²) in [4.78, 5) is 14.6. The van der Waals surface area contributed by atoms with Gasteiger partial charge in [0.05, 0.1) is 6.04 Å². The first-order valence-corrected chi connectivity index (χ1v) is 9.00. The number of nitrogens with zero attached hydrogens (tertiary/aromatic N) is 1. The third kappa shape index (κ3) is 5.86. The van der Waals surface area contributed by atoms with E-state index in [1.165, 1.54) is 25.9 Å². The van der Waals surface area contributed by atoms with Crippen LogP contribution in [0, 0.1) is 11.8 Å². The predicted octanol–water partition coefficient (Wildman–Crippen LogP) is 1.37. The Morgan fingerprint density at radius 2 is 1.91 bits per heavy atom. The fourth-order valence-corrected chi connectivity index (χ4v) is 3.36. The zero-order chi connectivity index (χ0) is 15.8. The summed E-state index contributed by atoms with van der Waals surface area (Å²) in [5.74, 6) is 1.19. The number of carbonyl (C=O) groups excluding carboxylic acids is 1. The molecule has 2 rings (SSSR count). The van der Waals surface area contributed by atoms with Crippen LogP contribution in [0.15, 0.2) is 0 Å². The Balaban J connectivity index is 1.51. The molecule has 22 heavy (non-hydrogen) atoms. The monoisotopic (exact) mass is 311 g/mol. The topological polar surface area (TPSA) is 67.6 Å². The van der Waals surface area contributed by atoms with E-state index >= 15 is 0 Å². The Morgan fingerprint density at radius 3 is 2.59 bits per heavy atom. The van der Waals surface area contributed by atoms with Gasteiger partial charge in [0.15, 0.2) is 0 Å². The first kappa shape index (κ1) is 17.7. The van der Waals surface area contributed by atoms with Crippen LogP contribution in [0.4, 0.5) is 0 Å². The second kappa shape index (κ2) is 9.48. The summed E-state index contributed by atoms with van der Waals surface area (Å²) in [5.41, 5.74) is 6.06. The van der Waals surface area contributed by atoms with Gasteiger partial charge in [0.25, 0.3) is 0 Å². The molecule has 5 nitrogen and oxygen atoms in total.